The van der Waals surface area contributed by atoms with Crippen LogP contribution in [0.15, 0.2) is 18.2 Å². The van der Waals surface area contributed by atoms with Crippen LogP contribution in [0.25, 0.3) is 0 Å². The van der Waals surface area contributed by atoms with Crippen molar-refractivity contribution in [2.24, 2.45) is 5.92 Å². The third kappa shape index (κ3) is 2.94. The molecule has 0 spiro atoms. The van der Waals surface area contributed by atoms with Crippen LogP contribution in [0.5, 0.6) is 5.75 Å². The first-order chi connectivity index (χ1) is 8.58. The standard InChI is InChI=1S/C13H17ClN2O2/c1-8-7-9(5-6-15-8)13(18)16-11-4-2-3-10(14)12(11)17/h2-4,8-9,15,17H,5-7H2,1H3,(H,16,18)/t8-,9-/m0/s1. The van der Waals surface area contributed by atoms with Gasteiger partial charge in [-0.2, -0.15) is 0 Å². The van der Waals surface area contributed by atoms with Crippen LogP contribution in [-0.4, -0.2) is 23.6 Å². The zero-order valence-corrected chi connectivity index (χ0v) is 11.0. The van der Waals surface area contributed by atoms with Crippen molar-refractivity contribution in [3.8, 4) is 5.75 Å². The Balaban J connectivity index is 2.04. The van der Waals surface area contributed by atoms with E-state index < -0.39 is 0 Å². The van der Waals surface area contributed by atoms with Crippen LogP contribution in [0.4, 0.5) is 5.69 Å². The van der Waals surface area contributed by atoms with Gasteiger partial charge in [0.15, 0.2) is 5.75 Å². The summed E-state index contributed by atoms with van der Waals surface area (Å²) in [5.41, 5.74) is 0.374. The van der Waals surface area contributed by atoms with Crippen LogP contribution in [0.1, 0.15) is 19.8 Å². The number of anilines is 1. The number of amides is 1. The van der Waals surface area contributed by atoms with Gasteiger partial charge in [-0.15, -0.1) is 0 Å². The third-order valence-corrected chi connectivity index (χ3v) is 3.54. The normalized spacial score (nSPS) is 23.7. The highest BCUT2D eigenvalue weighted by molar-refractivity contribution is 6.32. The van der Waals surface area contributed by atoms with Gasteiger partial charge in [0, 0.05) is 12.0 Å². The van der Waals surface area contributed by atoms with E-state index in [1.54, 1.807) is 18.2 Å². The fourth-order valence-electron chi connectivity index (χ4n) is 2.22. The maximum atomic E-state index is 12.1. The number of carbonyl (C=O) groups is 1. The lowest BCUT2D eigenvalue weighted by Crippen LogP contribution is -2.40. The summed E-state index contributed by atoms with van der Waals surface area (Å²) in [5, 5.41) is 16.0. The number of carbonyl (C=O) groups excluding carboxylic acids is 1. The van der Waals surface area contributed by atoms with Crippen molar-refractivity contribution in [2.75, 3.05) is 11.9 Å². The second-order valence-corrected chi connectivity index (χ2v) is 5.11. The number of hydrogen-bond donors (Lipinski definition) is 3. The molecule has 0 bridgehead atoms. The highest BCUT2D eigenvalue weighted by atomic mass is 35.5. The van der Waals surface area contributed by atoms with E-state index >= 15 is 0 Å². The van der Waals surface area contributed by atoms with Gasteiger partial charge in [0.2, 0.25) is 5.91 Å². The molecule has 0 saturated carbocycles. The van der Waals surface area contributed by atoms with E-state index in [9.17, 15) is 9.90 Å². The molecule has 2 rings (SSSR count). The second kappa shape index (κ2) is 5.59. The lowest BCUT2D eigenvalue weighted by Gasteiger charge is -2.27. The van der Waals surface area contributed by atoms with Crippen LogP contribution in [0, 0.1) is 5.92 Å². The number of piperidine rings is 1. The van der Waals surface area contributed by atoms with Gasteiger partial charge in [0.05, 0.1) is 10.7 Å². The predicted molar refractivity (Wildman–Crippen MR) is 71.9 cm³/mol. The molecule has 1 fully saturated rings. The Hall–Kier alpha value is -1.26. The van der Waals surface area contributed by atoms with Crippen molar-refractivity contribution in [1.82, 2.24) is 5.32 Å². The highest BCUT2D eigenvalue weighted by Gasteiger charge is 2.25. The molecule has 5 heteroatoms. The molecule has 18 heavy (non-hydrogen) atoms. The molecule has 1 heterocycles. The molecule has 4 nitrogen and oxygen atoms in total. The predicted octanol–water partition coefficient (Wildman–Crippen LogP) is 2.37. The van der Waals surface area contributed by atoms with Gasteiger partial charge in [-0.3, -0.25) is 4.79 Å². The molecule has 98 valence electrons. The Labute approximate surface area is 111 Å². The van der Waals surface area contributed by atoms with Gasteiger partial charge in [0.1, 0.15) is 0 Å². The van der Waals surface area contributed by atoms with Gasteiger partial charge in [-0.25, -0.2) is 0 Å². The minimum Gasteiger partial charge on any atom is -0.504 e. The van der Waals surface area contributed by atoms with Crippen LogP contribution in [0.2, 0.25) is 5.02 Å². The monoisotopic (exact) mass is 268 g/mol. The van der Waals surface area contributed by atoms with Crippen molar-refractivity contribution in [3.63, 3.8) is 0 Å². The number of para-hydroxylation sites is 1. The molecule has 1 aliphatic rings. The number of rotatable bonds is 2. The Morgan fingerprint density at radius 1 is 1.56 bits per heavy atom. The van der Waals surface area contributed by atoms with Gasteiger partial charge in [-0.05, 0) is 38.4 Å². The Morgan fingerprint density at radius 2 is 2.33 bits per heavy atom. The van der Waals surface area contributed by atoms with Crippen molar-refractivity contribution in [2.45, 2.75) is 25.8 Å². The molecule has 0 radical (unpaired) electrons. The van der Waals surface area contributed by atoms with Gasteiger partial charge < -0.3 is 15.7 Å². The Bertz CT molecular complexity index is 451. The Morgan fingerprint density at radius 3 is 3.06 bits per heavy atom. The quantitative estimate of drug-likeness (QED) is 0.722. The lowest BCUT2D eigenvalue weighted by molar-refractivity contribution is -0.120. The van der Waals surface area contributed by atoms with E-state index in [1.807, 2.05) is 0 Å². The summed E-state index contributed by atoms with van der Waals surface area (Å²) in [5.74, 6) is -0.143. The third-order valence-electron chi connectivity index (χ3n) is 3.24. The molecule has 3 N–H and O–H groups in total. The van der Waals surface area contributed by atoms with Crippen LogP contribution in [-0.2, 0) is 4.79 Å². The van der Waals surface area contributed by atoms with Crippen molar-refractivity contribution in [1.29, 1.82) is 0 Å². The SMILES string of the molecule is C[C@H]1C[C@@H](C(=O)Nc2cccc(Cl)c2O)CCN1. The van der Waals surface area contributed by atoms with E-state index in [0.29, 0.717) is 11.7 Å². The summed E-state index contributed by atoms with van der Waals surface area (Å²) in [6.07, 6.45) is 1.63. The average molecular weight is 269 g/mol. The van der Waals surface area contributed by atoms with E-state index in [2.05, 4.69) is 17.6 Å². The van der Waals surface area contributed by atoms with Crippen molar-refractivity contribution in [3.05, 3.63) is 23.2 Å². The number of halogens is 1. The van der Waals surface area contributed by atoms with Crippen LogP contribution < -0.4 is 10.6 Å². The zero-order chi connectivity index (χ0) is 13.1. The molecule has 0 aromatic heterocycles. The molecular weight excluding hydrogens is 252 g/mol. The molecule has 1 aliphatic heterocycles. The van der Waals surface area contributed by atoms with E-state index in [0.717, 1.165) is 19.4 Å². The highest BCUT2D eigenvalue weighted by Crippen LogP contribution is 2.32. The first kappa shape index (κ1) is 13.2. The number of aromatic hydroxyl groups is 1. The summed E-state index contributed by atoms with van der Waals surface area (Å²) in [7, 11) is 0. The van der Waals surface area contributed by atoms with Gasteiger partial charge >= 0.3 is 0 Å². The first-order valence-corrected chi connectivity index (χ1v) is 6.47. The topological polar surface area (TPSA) is 61.4 Å². The van der Waals surface area contributed by atoms with Crippen LogP contribution in [0.3, 0.4) is 0 Å². The summed E-state index contributed by atoms with van der Waals surface area (Å²) in [4.78, 5) is 12.1. The molecule has 2 atom stereocenters. The van der Waals surface area contributed by atoms with Crippen molar-refractivity contribution >= 4 is 23.2 Å². The Kier molecular flexibility index (Phi) is 4.09. The zero-order valence-electron chi connectivity index (χ0n) is 10.2. The van der Waals surface area contributed by atoms with Gasteiger partial charge in [0.25, 0.3) is 0 Å². The smallest absolute Gasteiger partial charge is 0.227 e. The summed E-state index contributed by atoms with van der Waals surface area (Å²) in [6.45, 7) is 2.91. The molecular formula is C13H17ClN2O2. The average Bonchev–Trinajstić information content (AvgIpc) is 2.35. The maximum Gasteiger partial charge on any atom is 0.227 e. The minimum atomic E-state index is -0.0745. The van der Waals surface area contributed by atoms with Crippen LogP contribution >= 0.6 is 11.6 Å². The molecule has 1 aromatic rings. The number of phenols is 1. The summed E-state index contributed by atoms with van der Waals surface area (Å²) < 4.78 is 0. The lowest BCUT2D eigenvalue weighted by atomic mass is 9.92. The second-order valence-electron chi connectivity index (χ2n) is 4.70. The number of benzene rings is 1. The number of nitrogens with one attached hydrogen (secondary N) is 2. The van der Waals surface area contributed by atoms with E-state index in [-0.39, 0.29) is 22.6 Å². The summed E-state index contributed by atoms with van der Waals surface area (Å²) in [6, 6.07) is 5.27. The van der Waals surface area contributed by atoms with Gasteiger partial charge in [-0.1, -0.05) is 17.7 Å². The molecule has 0 unspecified atom stereocenters. The van der Waals surface area contributed by atoms with E-state index in [1.165, 1.54) is 0 Å². The fourth-order valence-corrected chi connectivity index (χ4v) is 2.40. The molecule has 0 aliphatic carbocycles. The largest absolute Gasteiger partial charge is 0.504 e. The number of phenolic OH excluding ortho intramolecular Hbond substituents is 1. The summed E-state index contributed by atoms with van der Waals surface area (Å²) >= 11 is 5.79. The molecule has 1 amide bonds. The van der Waals surface area contributed by atoms with Crippen molar-refractivity contribution < 1.29 is 9.90 Å². The fraction of sp³-hybridized carbons (Fsp3) is 0.462. The molecule has 1 aromatic carbocycles. The molecule has 1 saturated heterocycles. The maximum absolute atomic E-state index is 12.1. The van der Waals surface area contributed by atoms with E-state index in [4.69, 9.17) is 11.6 Å². The number of hydrogen-bond acceptors (Lipinski definition) is 3. The first-order valence-electron chi connectivity index (χ1n) is 6.09. The minimum absolute atomic E-state index is 0.0142.